The minimum Gasteiger partial charge on any atom is -0.481 e. The number of methoxy groups -OCH3 is 2. The molecule has 0 heterocycles. The van der Waals surface area contributed by atoms with Gasteiger partial charge >= 0.3 is 11.9 Å². The normalized spacial score (nSPS) is 9.59. The molecule has 6 heteroatoms. The van der Waals surface area contributed by atoms with E-state index in [1.165, 1.54) is 14.2 Å². The van der Waals surface area contributed by atoms with Gasteiger partial charge in [-0.1, -0.05) is 15.9 Å². The van der Waals surface area contributed by atoms with Crippen LogP contribution in [0.2, 0.25) is 0 Å². The summed E-state index contributed by atoms with van der Waals surface area (Å²) >= 11 is 3.23. The summed E-state index contributed by atoms with van der Waals surface area (Å²) in [4.78, 5) is 22.4. The van der Waals surface area contributed by atoms with Crippen molar-refractivity contribution >= 4 is 27.9 Å². The second kappa shape index (κ2) is 6.24. The first kappa shape index (κ1) is 13.5. The topological polar surface area (TPSA) is 61.8 Å². The van der Waals surface area contributed by atoms with Crippen LogP contribution in [0.1, 0.15) is 10.4 Å². The lowest BCUT2D eigenvalue weighted by atomic mass is 10.2. The smallest absolute Gasteiger partial charge is 0.343 e. The number of halogens is 1. The molecule has 0 aromatic heterocycles. The molecule has 0 atom stereocenters. The van der Waals surface area contributed by atoms with Gasteiger partial charge in [0.05, 0.1) is 14.2 Å². The summed E-state index contributed by atoms with van der Waals surface area (Å²) in [5.74, 6) is -0.791. The molecule has 1 aromatic rings. The minimum atomic E-state index is -0.536. The number of rotatable bonds is 4. The Bertz CT molecular complexity index is 430. The van der Waals surface area contributed by atoms with Crippen molar-refractivity contribution in [3.63, 3.8) is 0 Å². The third-order valence-electron chi connectivity index (χ3n) is 1.92. The highest BCUT2D eigenvalue weighted by Crippen LogP contribution is 2.23. The molecule has 0 saturated heterocycles. The van der Waals surface area contributed by atoms with Crippen LogP contribution >= 0.6 is 15.9 Å². The first-order valence-electron chi connectivity index (χ1n) is 4.66. The average molecular weight is 303 g/mol. The number of carbonyl (C=O) groups excluding carboxylic acids is 2. The second-order valence-electron chi connectivity index (χ2n) is 3.00. The van der Waals surface area contributed by atoms with Gasteiger partial charge < -0.3 is 14.2 Å². The van der Waals surface area contributed by atoms with E-state index in [0.717, 1.165) is 0 Å². The van der Waals surface area contributed by atoms with Gasteiger partial charge in [0.25, 0.3) is 0 Å². The Kier molecular flexibility index (Phi) is 4.96. The standard InChI is InChI=1S/C11H11BrO5/c1-15-10(13)6-17-9-4-3-7(12)5-8(9)11(14)16-2/h3-5H,6H2,1-2H3. The predicted molar refractivity (Wildman–Crippen MR) is 63.0 cm³/mol. The molecule has 0 aliphatic heterocycles. The zero-order chi connectivity index (χ0) is 12.8. The average Bonchev–Trinajstić information content (AvgIpc) is 2.35. The van der Waals surface area contributed by atoms with E-state index in [1.807, 2.05) is 0 Å². The Morgan fingerprint density at radius 1 is 1.24 bits per heavy atom. The third-order valence-corrected chi connectivity index (χ3v) is 2.41. The molecule has 0 saturated carbocycles. The number of esters is 2. The molecule has 0 N–H and O–H groups in total. The van der Waals surface area contributed by atoms with Crippen LogP contribution in [-0.2, 0) is 14.3 Å². The Balaban J connectivity index is 2.90. The van der Waals surface area contributed by atoms with Crippen molar-refractivity contribution in [2.75, 3.05) is 20.8 Å². The zero-order valence-corrected chi connectivity index (χ0v) is 10.9. The van der Waals surface area contributed by atoms with Crippen LogP contribution in [0.5, 0.6) is 5.75 Å². The van der Waals surface area contributed by atoms with Crippen LogP contribution in [0, 0.1) is 0 Å². The number of carbonyl (C=O) groups is 2. The van der Waals surface area contributed by atoms with Crippen molar-refractivity contribution in [2.45, 2.75) is 0 Å². The van der Waals surface area contributed by atoms with Crippen molar-refractivity contribution in [3.05, 3.63) is 28.2 Å². The maximum absolute atomic E-state index is 11.5. The van der Waals surface area contributed by atoms with Gasteiger partial charge in [-0.3, -0.25) is 0 Å². The van der Waals surface area contributed by atoms with E-state index >= 15 is 0 Å². The lowest BCUT2D eigenvalue weighted by molar-refractivity contribution is -0.142. The van der Waals surface area contributed by atoms with Gasteiger partial charge in [0, 0.05) is 4.47 Å². The van der Waals surface area contributed by atoms with Gasteiger partial charge in [-0.25, -0.2) is 9.59 Å². The lowest BCUT2D eigenvalue weighted by Crippen LogP contribution is -2.14. The molecular weight excluding hydrogens is 292 g/mol. The predicted octanol–water partition coefficient (Wildman–Crippen LogP) is 1.79. The maximum atomic E-state index is 11.5. The molecule has 92 valence electrons. The van der Waals surface area contributed by atoms with E-state index in [2.05, 4.69) is 25.4 Å². The largest absolute Gasteiger partial charge is 0.481 e. The van der Waals surface area contributed by atoms with Crippen LogP contribution < -0.4 is 4.74 Å². The van der Waals surface area contributed by atoms with Crippen molar-refractivity contribution in [3.8, 4) is 5.75 Å². The number of ether oxygens (including phenoxy) is 3. The van der Waals surface area contributed by atoms with E-state index < -0.39 is 11.9 Å². The summed E-state index contributed by atoms with van der Waals surface area (Å²) in [6, 6.07) is 4.82. The molecule has 0 aliphatic carbocycles. The molecule has 5 nitrogen and oxygen atoms in total. The summed E-state index contributed by atoms with van der Waals surface area (Å²) in [6.45, 7) is -0.262. The number of benzene rings is 1. The van der Waals surface area contributed by atoms with Gasteiger partial charge in [0.2, 0.25) is 0 Å². The fourth-order valence-corrected chi connectivity index (χ4v) is 1.45. The maximum Gasteiger partial charge on any atom is 0.343 e. The highest BCUT2D eigenvalue weighted by atomic mass is 79.9. The summed E-state index contributed by atoms with van der Waals surface area (Å²) < 4.78 is 14.9. The molecule has 0 bridgehead atoms. The first-order chi connectivity index (χ1) is 8.08. The third kappa shape index (κ3) is 3.74. The summed E-state index contributed by atoms with van der Waals surface area (Å²) in [5, 5.41) is 0. The van der Waals surface area contributed by atoms with Crippen molar-refractivity contribution in [1.82, 2.24) is 0 Å². The van der Waals surface area contributed by atoms with Gasteiger partial charge in [-0.05, 0) is 18.2 Å². The molecule has 0 fully saturated rings. The molecule has 1 rings (SSSR count). The zero-order valence-electron chi connectivity index (χ0n) is 9.36. The van der Waals surface area contributed by atoms with Crippen molar-refractivity contribution in [2.24, 2.45) is 0 Å². The molecule has 0 unspecified atom stereocenters. The van der Waals surface area contributed by atoms with Crippen molar-refractivity contribution in [1.29, 1.82) is 0 Å². The van der Waals surface area contributed by atoms with Gasteiger partial charge in [0.15, 0.2) is 6.61 Å². The monoisotopic (exact) mass is 302 g/mol. The van der Waals surface area contributed by atoms with E-state index in [0.29, 0.717) is 4.47 Å². The second-order valence-corrected chi connectivity index (χ2v) is 3.91. The SMILES string of the molecule is COC(=O)COc1ccc(Br)cc1C(=O)OC. The summed E-state index contributed by atoms with van der Waals surface area (Å²) in [7, 11) is 2.53. The fourth-order valence-electron chi connectivity index (χ4n) is 1.09. The Morgan fingerprint density at radius 3 is 2.53 bits per heavy atom. The van der Waals surface area contributed by atoms with Crippen LogP contribution in [0.15, 0.2) is 22.7 Å². The van der Waals surface area contributed by atoms with E-state index in [4.69, 9.17) is 4.74 Å². The molecule has 0 aliphatic rings. The molecule has 1 aromatic carbocycles. The molecular formula is C11H11BrO5. The fraction of sp³-hybridized carbons (Fsp3) is 0.273. The van der Waals surface area contributed by atoms with Crippen LogP contribution in [0.4, 0.5) is 0 Å². The van der Waals surface area contributed by atoms with Gasteiger partial charge in [-0.2, -0.15) is 0 Å². The first-order valence-corrected chi connectivity index (χ1v) is 5.45. The summed E-state index contributed by atoms with van der Waals surface area (Å²) in [6.07, 6.45) is 0. The molecule has 0 radical (unpaired) electrons. The molecule has 0 amide bonds. The van der Waals surface area contributed by atoms with E-state index in [1.54, 1.807) is 18.2 Å². The number of hydrogen-bond acceptors (Lipinski definition) is 5. The molecule has 0 spiro atoms. The highest BCUT2D eigenvalue weighted by Gasteiger charge is 2.14. The van der Waals surface area contributed by atoms with Gasteiger partial charge in [0.1, 0.15) is 11.3 Å². The van der Waals surface area contributed by atoms with Crippen molar-refractivity contribution < 1.29 is 23.8 Å². The minimum absolute atomic E-state index is 0.241. The highest BCUT2D eigenvalue weighted by molar-refractivity contribution is 9.10. The van der Waals surface area contributed by atoms with Crippen LogP contribution in [0.3, 0.4) is 0 Å². The van der Waals surface area contributed by atoms with Crippen LogP contribution in [0.25, 0.3) is 0 Å². The Morgan fingerprint density at radius 2 is 1.94 bits per heavy atom. The quantitative estimate of drug-likeness (QED) is 0.794. The molecule has 17 heavy (non-hydrogen) atoms. The Labute approximate surface area is 107 Å². The van der Waals surface area contributed by atoms with E-state index in [-0.39, 0.29) is 17.9 Å². The van der Waals surface area contributed by atoms with E-state index in [9.17, 15) is 9.59 Å². The Hall–Kier alpha value is -1.56. The summed E-state index contributed by atoms with van der Waals surface area (Å²) in [5.41, 5.74) is 0.241. The number of hydrogen-bond donors (Lipinski definition) is 0. The lowest BCUT2D eigenvalue weighted by Gasteiger charge is -2.09. The van der Waals surface area contributed by atoms with Gasteiger partial charge in [-0.15, -0.1) is 0 Å². The van der Waals surface area contributed by atoms with Crippen LogP contribution in [-0.4, -0.2) is 32.8 Å².